The van der Waals surface area contributed by atoms with Gasteiger partial charge in [0.15, 0.2) is 0 Å². The molecule has 1 atom stereocenters. The lowest BCUT2D eigenvalue weighted by molar-refractivity contribution is -0.115. The minimum atomic E-state index is -0.605. The van der Waals surface area contributed by atoms with Crippen LogP contribution in [-0.4, -0.2) is 44.5 Å². The van der Waals surface area contributed by atoms with Gasteiger partial charge in [-0.1, -0.05) is 5.57 Å². The fourth-order valence-electron chi connectivity index (χ4n) is 4.13. The van der Waals surface area contributed by atoms with Crippen molar-refractivity contribution in [1.29, 1.82) is 0 Å². The molecule has 1 aliphatic heterocycles. The van der Waals surface area contributed by atoms with Crippen LogP contribution in [0.1, 0.15) is 31.5 Å². The quantitative estimate of drug-likeness (QED) is 0.307. The summed E-state index contributed by atoms with van der Waals surface area (Å²) in [6.45, 7) is 5.33. The molecule has 1 aliphatic carbocycles. The third kappa shape index (κ3) is 4.00. The van der Waals surface area contributed by atoms with Crippen molar-refractivity contribution < 1.29 is 9.18 Å². The smallest absolute Gasteiger partial charge is 0.131 e. The van der Waals surface area contributed by atoms with Gasteiger partial charge in [-0.2, -0.15) is 5.10 Å². The molecule has 164 valence electrons. The average molecular weight is 443 g/mol. The van der Waals surface area contributed by atoms with Gasteiger partial charge in [-0.05, 0) is 74.5 Å². The maximum absolute atomic E-state index is 13.3. The molecule has 2 heterocycles. The van der Waals surface area contributed by atoms with Gasteiger partial charge < -0.3 is 15.5 Å². The highest BCUT2D eigenvalue weighted by Gasteiger charge is 2.43. The highest BCUT2D eigenvalue weighted by Crippen LogP contribution is 2.45. The maximum atomic E-state index is 13.3. The molecule has 0 radical (unpaired) electrons. The van der Waals surface area contributed by atoms with E-state index in [0.29, 0.717) is 13.0 Å². The first-order valence-corrected chi connectivity index (χ1v) is 11.0. The van der Waals surface area contributed by atoms with Crippen LogP contribution >= 0.6 is 11.9 Å². The van der Waals surface area contributed by atoms with Gasteiger partial charge in [-0.3, -0.25) is 0 Å². The fraction of sp³-hybridized carbons (Fsp3) is 0.364. The number of rotatable bonds is 6. The zero-order chi connectivity index (χ0) is 22.2. The number of nitrogens with zero attached hydrogens (tertiary/aromatic N) is 4. The summed E-state index contributed by atoms with van der Waals surface area (Å²) in [6.07, 6.45) is 7.79. The van der Waals surface area contributed by atoms with E-state index in [4.69, 9.17) is 11.6 Å². The van der Waals surface area contributed by atoms with Gasteiger partial charge in [0.2, 0.25) is 0 Å². The van der Waals surface area contributed by atoms with Crippen molar-refractivity contribution in [1.82, 2.24) is 19.1 Å². The Kier molecular flexibility index (Phi) is 5.92. The molecule has 1 saturated heterocycles. The van der Waals surface area contributed by atoms with Gasteiger partial charge in [0.1, 0.15) is 17.1 Å². The molecule has 4 rings (SSSR count). The first-order chi connectivity index (χ1) is 14.9. The summed E-state index contributed by atoms with van der Waals surface area (Å²) in [5.74, 6) is 5.85. The maximum Gasteiger partial charge on any atom is 0.131 e. The molecule has 9 heteroatoms. The predicted molar refractivity (Wildman–Crippen MR) is 121 cm³/mol. The van der Waals surface area contributed by atoms with Crippen LogP contribution < -0.4 is 11.6 Å². The lowest BCUT2D eigenvalue weighted by atomic mass is 9.70. The molecule has 2 aromatic rings. The Balaban J connectivity index is 1.60. The summed E-state index contributed by atoms with van der Waals surface area (Å²) in [5.41, 5.74) is 9.05. The molecular formula is C22H27FN6OS. The van der Waals surface area contributed by atoms with Crippen LogP contribution in [0.5, 0.6) is 0 Å². The Morgan fingerprint density at radius 1 is 1.35 bits per heavy atom. The van der Waals surface area contributed by atoms with Crippen molar-refractivity contribution in [3.63, 3.8) is 0 Å². The van der Waals surface area contributed by atoms with E-state index in [1.165, 1.54) is 30.3 Å². The van der Waals surface area contributed by atoms with E-state index in [9.17, 15) is 9.18 Å². The number of nitrogens with two attached hydrogens (primary N) is 2. The van der Waals surface area contributed by atoms with E-state index in [2.05, 4.69) is 15.5 Å². The van der Waals surface area contributed by atoms with Crippen molar-refractivity contribution in [3.8, 4) is 5.69 Å². The Morgan fingerprint density at radius 3 is 2.74 bits per heavy atom. The van der Waals surface area contributed by atoms with E-state index in [1.807, 2.05) is 18.5 Å². The third-order valence-corrected chi connectivity index (χ3v) is 7.01. The van der Waals surface area contributed by atoms with Crippen LogP contribution in [0.3, 0.4) is 0 Å². The van der Waals surface area contributed by atoms with E-state index in [0.717, 1.165) is 46.8 Å². The van der Waals surface area contributed by atoms with E-state index < -0.39 is 5.41 Å². The summed E-state index contributed by atoms with van der Waals surface area (Å²) >= 11 is 1.48. The molecule has 7 nitrogen and oxygen atoms in total. The second-order valence-corrected chi connectivity index (χ2v) is 9.39. The number of hydrogen-bond donors (Lipinski definition) is 2. The lowest BCUT2D eigenvalue weighted by Gasteiger charge is -2.43. The normalized spacial score (nSPS) is 21.5. The van der Waals surface area contributed by atoms with Gasteiger partial charge in [0, 0.05) is 25.3 Å². The van der Waals surface area contributed by atoms with Crippen molar-refractivity contribution in [2.45, 2.75) is 32.7 Å². The van der Waals surface area contributed by atoms with E-state index in [1.54, 1.807) is 23.3 Å². The largest absolute Gasteiger partial charge is 0.402 e. The molecule has 0 bridgehead atoms. The molecule has 2 aliphatic rings. The highest BCUT2D eigenvalue weighted by atomic mass is 32.2. The molecule has 1 fully saturated rings. The molecule has 0 saturated carbocycles. The molecule has 1 aromatic heterocycles. The number of benzene rings is 1. The summed E-state index contributed by atoms with van der Waals surface area (Å²) in [4.78, 5) is 12.4. The molecule has 4 N–H and O–H groups in total. The zero-order valence-corrected chi connectivity index (χ0v) is 18.5. The molecule has 0 spiro atoms. The minimum Gasteiger partial charge on any atom is -0.402 e. The van der Waals surface area contributed by atoms with Gasteiger partial charge >= 0.3 is 0 Å². The van der Waals surface area contributed by atoms with Crippen LogP contribution in [-0.2, 0) is 11.2 Å². The number of aldehydes is 1. The fourth-order valence-corrected chi connectivity index (χ4v) is 5.24. The standard InChI is InChI=1S/C22H27FN6OS/c1-15(2)28(25)21(11-24)31-27-8-7-17-9-20-16(10-22(17,13-27)14-30)12-26-29(20)19-5-3-18(23)4-6-19/h3-6,9,11-12,14-15H,7-8,10,13,24-25H2,1-2H3/b21-11+. The second kappa shape index (κ2) is 8.49. The van der Waals surface area contributed by atoms with Gasteiger partial charge in [-0.15, -0.1) is 0 Å². The van der Waals surface area contributed by atoms with Gasteiger partial charge in [-0.25, -0.2) is 19.2 Å². The summed E-state index contributed by atoms with van der Waals surface area (Å²) in [5, 5.41) is 6.90. The first kappa shape index (κ1) is 21.6. The molecule has 1 unspecified atom stereocenters. The Bertz CT molecular complexity index is 1030. The van der Waals surface area contributed by atoms with E-state index in [-0.39, 0.29) is 11.9 Å². The van der Waals surface area contributed by atoms with Crippen molar-refractivity contribution >= 4 is 24.3 Å². The molecule has 1 aromatic carbocycles. The third-order valence-electron chi connectivity index (χ3n) is 5.90. The molecular weight excluding hydrogens is 415 g/mol. The zero-order valence-electron chi connectivity index (χ0n) is 17.7. The Hall–Kier alpha value is -2.62. The molecule has 0 amide bonds. The van der Waals surface area contributed by atoms with Crippen LogP contribution in [0.4, 0.5) is 4.39 Å². The minimum absolute atomic E-state index is 0.108. The van der Waals surface area contributed by atoms with Crippen LogP contribution in [0.2, 0.25) is 0 Å². The second-order valence-electron chi connectivity index (χ2n) is 8.27. The summed E-state index contributed by atoms with van der Waals surface area (Å²) < 4.78 is 17.3. The Morgan fingerprint density at radius 2 is 2.10 bits per heavy atom. The molecule has 31 heavy (non-hydrogen) atoms. The number of halogens is 1. The van der Waals surface area contributed by atoms with Gasteiger partial charge in [0.05, 0.1) is 23.0 Å². The van der Waals surface area contributed by atoms with Crippen molar-refractivity contribution in [3.05, 3.63) is 64.3 Å². The number of carbonyl (C=O) groups is 1. The lowest BCUT2D eigenvalue weighted by Crippen LogP contribution is -2.46. The Labute approximate surface area is 185 Å². The monoisotopic (exact) mass is 442 g/mol. The average Bonchev–Trinajstić information content (AvgIpc) is 3.17. The summed E-state index contributed by atoms with van der Waals surface area (Å²) in [7, 11) is 0. The number of hydrogen-bond acceptors (Lipinski definition) is 7. The number of piperidine rings is 1. The van der Waals surface area contributed by atoms with Crippen molar-refractivity contribution in [2.75, 3.05) is 13.1 Å². The number of aromatic nitrogens is 2. The topological polar surface area (TPSA) is 93.4 Å². The number of carbonyl (C=O) groups excluding carboxylic acids is 1. The van der Waals surface area contributed by atoms with E-state index >= 15 is 0 Å². The van der Waals surface area contributed by atoms with Crippen molar-refractivity contribution in [2.24, 2.45) is 17.0 Å². The first-order valence-electron chi connectivity index (χ1n) is 10.3. The summed E-state index contributed by atoms with van der Waals surface area (Å²) in [6, 6.07) is 6.36. The van der Waals surface area contributed by atoms with Crippen LogP contribution in [0, 0.1) is 11.2 Å². The van der Waals surface area contributed by atoms with Crippen LogP contribution in [0.25, 0.3) is 11.8 Å². The predicted octanol–water partition coefficient (Wildman–Crippen LogP) is 2.83. The van der Waals surface area contributed by atoms with Crippen LogP contribution in [0.15, 0.2) is 47.3 Å². The number of fused-ring (bicyclic) bond motifs is 2. The van der Waals surface area contributed by atoms with Gasteiger partial charge in [0.25, 0.3) is 0 Å². The number of hydrazine groups is 1. The highest BCUT2D eigenvalue weighted by molar-refractivity contribution is 8.00. The SMILES string of the molecule is CC(C)N(N)/C(=C\N)SN1CCC2=Cc3c(cnn3-c3ccc(F)cc3)CC2(C=O)C1.